The molecule has 1 aromatic carbocycles. The average molecular weight is 364 g/mol. The van der Waals surface area contributed by atoms with Crippen LogP contribution in [0.5, 0.6) is 0 Å². The number of aryl methyl sites for hydroxylation is 1. The lowest BCUT2D eigenvalue weighted by molar-refractivity contribution is -0.116. The van der Waals surface area contributed by atoms with E-state index >= 15 is 0 Å². The van der Waals surface area contributed by atoms with E-state index in [0.717, 1.165) is 17.7 Å². The Bertz CT molecular complexity index is 826. The summed E-state index contributed by atoms with van der Waals surface area (Å²) in [4.78, 5) is 16.5. The molecule has 0 unspecified atom stereocenters. The van der Waals surface area contributed by atoms with Crippen molar-refractivity contribution in [2.45, 2.75) is 26.2 Å². The van der Waals surface area contributed by atoms with Crippen molar-refractivity contribution < 1.29 is 13.2 Å². The molecule has 0 radical (unpaired) electrons. The van der Waals surface area contributed by atoms with Crippen molar-refractivity contribution in [3.05, 3.63) is 35.2 Å². The highest BCUT2D eigenvalue weighted by atomic mass is 32.2. The molecule has 1 amide bonds. The van der Waals surface area contributed by atoms with E-state index in [0.29, 0.717) is 11.6 Å². The molecular weight excluding hydrogens is 344 g/mol. The summed E-state index contributed by atoms with van der Waals surface area (Å²) in [5, 5.41) is 5.25. The van der Waals surface area contributed by atoms with E-state index in [1.54, 1.807) is 0 Å². The van der Waals surface area contributed by atoms with Gasteiger partial charge < -0.3 is 5.32 Å². The van der Waals surface area contributed by atoms with Crippen LogP contribution < -0.4 is 5.32 Å². The SMILES string of the molecule is CCc1ccc(-c2csc(NC(=O)C[C@H]3CCS(=O)(=O)C3)n2)cc1. The van der Waals surface area contributed by atoms with Gasteiger partial charge in [-0.3, -0.25) is 4.79 Å². The minimum atomic E-state index is -2.94. The summed E-state index contributed by atoms with van der Waals surface area (Å²) in [6, 6.07) is 8.21. The summed E-state index contributed by atoms with van der Waals surface area (Å²) in [5.41, 5.74) is 3.13. The number of sulfone groups is 1. The molecule has 2 aromatic rings. The van der Waals surface area contributed by atoms with E-state index in [1.165, 1.54) is 16.9 Å². The number of carbonyl (C=O) groups is 1. The quantitative estimate of drug-likeness (QED) is 0.884. The van der Waals surface area contributed by atoms with Crippen LogP contribution in [0.15, 0.2) is 29.6 Å². The highest BCUT2D eigenvalue weighted by Crippen LogP contribution is 2.26. The molecule has 1 N–H and O–H groups in total. The Morgan fingerprint density at radius 2 is 2.08 bits per heavy atom. The molecule has 5 nitrogen and oxygen atoms in total. The van der Waals surface area contributed by atoms with Crippen LogP contribution in [-0.2, 0) is 21.1 Å². The molecule has 0 spiro atoms. The number of rotatable bonds is 5. The molecule has 0 saturated carbocycles. The van der Waals surface area contributed by atoms with E-state index < -0.39 is 9.84 Å². The zero-order valence-corrected chi connectivity index (χ0v) is 15.1. The first-order valence-corrected chi connectivity index (χ1v) is 10.7. The number of thiazole rings is 1. The van der Waals surface area contributed by atoms with Gasteiger partial charge in [0.05, 0.1) is 17.2 Å². The molecule has 0 aliphatic carbocycles. The Morgan fingerprint density at radius 3 is 2.71 bits per heavy atom. The zero-order valence-electron chi connectivity index (χ0n) is 13.5. The van der Waals surface area contributed by atoms with E-state index in [4.69, 9.17) is 0 Å². The van der Waals surface area contributed by atoms with Crippen LogP contribution in [0.4, 0.5) is 5.13 Å². The highest BCUT2D eigenvalue weighted by Gasteiger charge is 2.29. The molecule has 1 saturated heterocycles. The van der Waals surface area contributed by atoms with Crippen LogP contribution in [0, 0.1) is 5.92 Å². The van der Waals surface area contributed by atoms with Crippen molar-refractivity contribution in [2.24, 2.45) is 5.92 Å². The van der Waals surface area contributed by atoms with Gasteiger partial charge in [-0.25, -0.2) is 13.4 Å². The maximum absolute atomic E-state index is 12.1. The van der Waals surface area contributed by atoms with Crippen molar-refractivity contribution in [1.29, 1.82) is 0 Å². The Kier molecular flexibility index (Phi) is 5.01. The first-order valence-electron chi connectivity index (χ1n) is 8.00. The Labute approximate surface area is 146 Å². The molecule has 7 heteroatoms. The van der Waals surface area contributed by atoms with Crippen LogP contribution >= 0.6 is 11.3 Å². The number of amides is 1. The largest absolute Gasteiger partial charge is 0.302 e. The standard InChI is InChI=1S/C17H20N2O3S2/c1-2-12-3-5-14(6-4-12)15-10-23-17(18-15)19-16(20)9-13-7-8-24(21,22)11-13/h3-6,10,13H,2,7-9,11H2,1H3,(H,18,19,20)/t13-/m1/s1. The van der Waals surface area contributed by atoms with Gasteiger partial charge in [-0.2, -0.15) is 0 Å². The summed E-state index contributed by atoms with van der Waals surface area (Å²) in [6.07, 6.45) is 1.80. The van der Waals surface area contributed by atoms with Crippen molar-refractivity contribution in [3.8, 4) is 11.3 Å². The molecule has 1 aliphatic heterocycles. The van der Waals surface area contributed by atoms with Gasteiger partial charge in [-0.1, -0.05) is 31.2 Å². The van der Waals surface area contributed by atoms with Crippen LogP contribution in [0.25, 0.3) is 11.3 Å². The van der Waals surface area contributed by atoms with E-state index in [2.05, 4.69) is 29.4 Å². The Balaban J connectivity index is 1.60. The predicted molar refractivity (Wildman–Crippen MR) is 96.9 cm³/mol. The third-order valence-corrected chi connectivity index (χ3v) is 6.80. The number of hydrogen-bond donors (Lipinski definition) is 1. The molecule has 24 heavy (non-hydrogen) atoms. The molecule has 1 atom stereocenters. The summed E-state index contributed by atoms with van der Waals surface area (Å²) < 4.78 is 22.9. The lowest BCUT2D eigenvalue weighted by Crippen LogP contribution is -2.17. The van der Waals surface area contributed by atoms with Gasteiger partial charge in [0.1, 0.15) is 0 Å². The third kappa shape index (κ3) is 4.21. The van der Waals surface area contributed by atoms with E-state index in [-0.39, 0.29) is 29.8 Å². The van der Waals surface area contributed by atoms with Crippen molar-refractivity contribution in [2.75, 3.05) is 16.8 Å². The molecule has 1 fully saturated rings. The second-order valence-corrected chi connectivity index (χ2v) is 9.20. The average Bonchev–Trinajstić information content (AvgIpc) is 3.14. The van der Waals surface area contributed by atoms with E-state index in [9.17, 15) is 13.2 Å². The summed E-state index contributed by atoms with van der Waals surface area (Å²) in [5.74, 6) is 0.0725. The highest BCUT2D eigenvalue weighted by molar-refractivity contribution is 7.91. The fourth-order valence-electron chi connectivity index (χ4n) is 2.84. The smallest absolute Gasteiger partial charge is 0.226 e. The number of nitrogens with zero attached hydrogens (tertiary/aromatic N) is 1. The Morgan fingerprint density at radius 1 is 1.33 bits per heavy atom. The lowest BCUT2D eigenvalue weighted by Gasteiger charge is -2.06. The molecule has 3 rings (SSSR count). The van der Waals surface area contributed by atoms with Gasteiger partial charge in [-0.15, -0.1) is 11.3 Å². The predicted octanol–water partition coefficient (Wildman–Crippen LogP) is 3.14. The fourth-order valence-corrected chi connectivity index (χ4v) is 5.44. The summed E-state index contributed by atoms with van der Waals surface area (Å²) in [7, 11) is -2.94. The molecule has 1 aliphatic rings. The molecule has 2 heterocycles. The topological polar surface area (TPSA) is 76.1 Å². The minimum Gasteiger partial charge on any atom is -0.302 e. The van der Waals surface area contributed by atoms with Crippen LogP contribution in [-0.4, -0.2) is 30.8 Å². The summed E-state index contributed by atoms with van der Waals surface area (Å²) >= 11 is 1.38. The second kappa shape index (κ2) is 7.03. The number of nitrogens with one attached hydrogen (secondary N) is 1. The van der Waals surface area contributed by atoms with Crippen molar-refractivity contribution >= 4 is 32.2 Å². The number of hydrogen-bond acceptors (Lipinski definition) is 5. The fraction of sp³-hybridized carbons (Fsp3) is 0.412. The Hall–Kier alpha value is -1.73. The van der Waals surface area contributed by atoms with Crippen molar-refractivity contribution in [3.63, 3.8) is 0 Å². The summed E-state index contributed by atoms with van der Waals surface area (Å²) in [6.45, 7) is 2.11. The normalized spacial score (nSPS) is 19.3. The molecule has 128 valence electrons. The maximum atomic E-state index is 12.1. The van der Waals surface area contributed by atoms with E-state index in [1.807, 2.05) is 17.5 Å². The number of benzene rings is 1. The maximum Gasteiger partial charge on any atom is 0.226 e. The van der Waals surface area contributed by atoms with Gasteiger partial charge in [0, 0.05) is 17.4 Å². The van der Waals surface area contributed by atoms with Gasteiger partial charge in [0.25, 0.3) is 0 Å². The second-order valence-electron chi connectivity index (χ2n) is 6.11. The minimum absolute atomic E-state index is 0.0731. The lowest BCUT2D eigenvalue weighted by atomic mass is 10.1. The first-order chi connectivity index (χ1) is 11.4. The first kappa shape index (κ1) is 17.1. The van der Waals surface area contributed by atoms with Crippen LogP contribution in [0.2, 0.25) is 0 Å². The molecule has 0 bridgehead atoms. The number of aromatic nitrogens is 1. The van der Waals surface area contributed by atoms with Crippen molar-refractivity contribution in [1.82, 2.24) is 4.98 Å². The monoisotopic (exact) mass is 364 g/mol. The van der Waals surface area contributed by atoms with Gasteiger partial charge >= 0.3 is 0 Å². The van der Waals surface area contributed by atoms with Gasteiger partial charge in [0.15, 0.2) is 15.0 Å². The number of carbonyl (C=O) groups excluding carboxylic acids is 1. The zero-order chi connectivity index (χ0) is 17.2. The third-order valence-electron chi connectivity index (χ3n) is 4.21. The molecular formula is C17H20N2O3S2. The van der Waals surface area contributed by atoms with Crippen LogP contribution in [0.1, 0.15) is 25.3 Å². The number of anilines is 1. The van der Waals surface area contributed by atoms with Gasteiger partial charge in [0.2, 0.25) is 5.91 Å². The van der Waals surface area contributed by atoms with Gasteiger partial charge in [-0.05, 0) is 24.3 Å². The molecule has 1 aromatic heterocycles. The van der Waals surface area contributed by atoms with Crippen LogP contribution in [0.3, 0.4) is 0 Å².